The molecular formula is C14H22N2. The van der Waals surface area contributed by atoms with Gasteiger partial charge >= 0.3 is 0 Å². The summed E-state index contributed by atoms with van der Waals surface area (Å²) >= 11 is 0. The highest BCUT2D eigenvalue weighted by Gasteiger charge is 2.25. The third-order valence-corrected chi connectivity index (χ3v) is 3.65. The summed E-state index contributed by atoms with van der Waals surface area (Å²) in [5.74, 6) is 0. The van der Waals surface area contributed by atoms with Crippen LogP contribution in [0.4, 0.5) is 0 Å². The lowest BCUT2D eigenvalue weighted by molar-refractivity contribution is 0.204. The van der Waals surface area contributed by atoms with Gasteiger partial charge in [-0.25, -0.2) is 0 Å². The normalized spacial score (nSPS) is 19.9. The second kappa shape index (κ2) is 4.98. The Morgan fingerprint density at radius 3 is 2.75 bits per heavy atom. The molecule has 2 nitrogen and oxygen atoms in total. The van der Waals surface area contributed by atoms with E-state index in [1.54, 1.807) is 5.56 Å². The van der Waals surface area contributed by atoms with E-state index in [1.165, 1.54) is 11.1 Å². The molecule has 1 heterocycles. The summed E-state index contributed by atoms with van der Waals surface area (Å²) in [5, 5.41) is 3.53. The van der Waals surface area contributed by atoms with Crippen molar-refractivity contribution in [1.29, 1.82) is 0 Å². The molecule has 0 radical (unpaired) electrons. The van der Waals surface area contributed by atoms with Crippen molar-refractivity contribution in [3.8, 4) is 0 Å². The van der Waals surface area contributed by atoms with E-state index in [4.69, 9.17) is 0 Å². The molecule has 1 atom stereocenters. The van der Waals surface area contributed by atoms with Gasteiger partial charge in [0, 0.05) is 19.1 Å². The molecule has 0 saturated heterocycles. The summed E-state index contributed by atoms with van der Waals surface area (Å²) in [7, 11) is 0. The van der Waals surface area contributed by atoms with E-state index < -0.39 is 0 Å². The van der Waals surface area contributed by atoms with E-state index in [1.807, 2.05) is 0 Å². The van der Waals surface area contributed by atoms with Crippen molar-refractivity contribution in [2.24, 2.45) is 0 Å². The van der Waals surface area contributed by atoms with Gasteiger partial charge in [0.2, 0.25) is 0 Å². The Morgan fingerprint density at radius 2 is 2.06 bits per heavy atom. The largest absolute Gasteiger partial charge is 0.311 e. The van der Waals surface area contributed by atoms with Crippen molar-refractivity contribution in [3.05, 3.63) is 34.9 Å². The fraction of sp³-hybridized carbons (Fsp3) is 0.571. The predicted molar refractivity (Wildman–Crippen MR) is 68.5 cm³/mol. The molecule has 0 aromatic heterocycles. The lowest BCUT2D eigenvalue weighted by Gasteiger charge is -2.36. The average molecular weight is 218 g/mol. The first-order chi connectivity index (χ1) is 7.77. The number of hydrogen-bond acceptors (Lipinski definition) is 2. The van der Waals surface area contributed by atoms with Crippen molar-refractivity contribution in [2.45, 2.75) is 33.4 Å². The first-order valence-electron chi connectivity index (χ1n) is 6.31. The molecule has 2 rings (SSSR count). The minimum atomic E-state index is 0.556. The van der Waals surface area contributed by atoms with Crippen LogP contribution in [0.2, 0.25) is 0 Å². The standard InChI is InChI=1S/C14H22N2/c1-4-16(5-2)13-10-15-9-12-8-6-7-11(3)14(12)13/h6-8,13,15H,4-5,9-10H2,1-3H3/t13-/m0/s1. The van der Waals surface area contributed by atoms with E-state index in [0.717, 1.165) is 26.2 Å². The number of fused-ring (bicyclic) bond motifs is 1. The van der Waals surface area contributed by atoms with Gasteiger partial charge in [-0.2, -0.15) is 0 Å². The highest BCUT2D eigenvalue weighted by Crippen LogP contribution is 2.29. The number of likely N-dealkylation sites (N-methyl/N-ethyl adjacent to an activating group) is 1. The second-order valence-electron chi connectivity index (χ2n) is 4.52. The quantitative estimate of drug-likeness (QED) is 0.838. The summed E-state index contributed by atoms with van der Waals surface area (Å²) in [5.41, 5.74) is 4.48. The molecule has 0 spiro atoms. The fourth-order valence-electron chi connectivity index (χ4n) is 2.79. The molecular weight excluding hydrogens is 196 g/mol. The Kier molecular flexibility index (Phi) is 3.62. The highest BCUT2D eigenvalue weighted by atomic mass is 15.2. The van der Waals surface area contributed by atoms with E-state index in [-0.39, 0.29) is 0 Å². The molecule has 1 aliphatic rings. The monoisotopic (exact) mass is 218 g/mol. The smallest absolute Gasteiger partial charge is 0.0478 e. The van der Waals surface area contributed by atoms with Gasteiger partial charge in [0.1, 0.15) is 0 Å². The maximum Gasteiger partial charge on any atom is 0.0478 e. The SMILES string of the molecule is CCN(CC)[C@H]1CNCc2cccc(C)c21. The van der Waals surface area contributed by atoms with Gasteiger partial charge in [0.05, 0.1) is 0 Å². The van der Waals surface area contributed by atoms with Crippen LogP contribution in [0, 0.1) is 6.92 Å². The Balaban J connectivity index is 2.38. The van der Waals surface area contributed by atoms with E-state index in [0.29, 0.717) is 6.04 Å². The van der Waals surface area contributed by atoms with Gasteiger partial charge < -0.3 is 5.32 Å². The summed E-state index contributed by atoms with van der Waals surface area (Å²) in [6, 6.07) is 7.21. The van der Waals surface area contributed by atoms with Gasteiger partial charge in [0.25, 0.3) is 0 Å². The zero-order chi connectivity index (χ0) is 11.5. The second-order valence-corrected chi connectivity index (χ2v) is 4.52. The van der Waals surface area contributed by atoms with Crippen LogP contribution in [0.25, 0.3) is 0 Å². The highest BCUT2D eigenvalue weighted by molar-refractivity contribution is 5.38. The molecule has 2 heteroatoms. The van der Waals surface area contributed by atoms with Crippen LogP contribution >= 0.6 is 0 Å². The van der Waals surface area contributed by atoms with E-state index in [9.17, 15) is 0 Å². The minimum absolute atomic E-state index is 0.556. The Morgan fingerprint density at radius 1 is 1.31 bits per heavy atom. The van der Waals surface area contributed by atoms with Crippen molar-refractivity contribution in [3.63, 3.8) is 0 Å². The Labute approximate surface area is 98.7 Å². The molecule has 1 aliphatic heterocycles. The van der Waals surface area contributed by atoms with Crippen molar-refractivity contribution < 1.29 is 0 Å². The molecule has 1 aromatic carbocycles. The first kappa shape index (κ1) is 11.6. The van der Waals surface area contributed by atoms with Crippen LogP contribution in [-0.4, -0.2) is 24.5 Å². The number of rotatable bonds is 3. The van der Waals surface area contributed by atoms with Crippen LogP contribution in [-0.2, 0) is 6.54 Å². The van der Waals surface area contributed by atoms with E-state index in [2.05, 4.69) is 49.2 Å². The maximum absolute atomic E-state index is 3.53. The number of hydrogen-bond donors (Lipinski definition) is 1. The van der Waals surface area contributed by atoms with Gasteiger partial charge in [0.15, 0.2) is 0 Å². The molecule has 1 N–H and O–H groups in total. The number of aryl methyl sites for hydroxylation is 1. The molecule has 0 amide bonds. The lowest BCUT2D eigenvalue weighted by atomic mass is 9.91. The van der Waals surface area contributed by atoms with Gasteiger partial charge in [-0.3, -0.25) is 4.90 Å². The van der Waals surface area contributed by atoms with E-state index >= 15 is 0 Å². The molecule has 0 aliphatic carbocycles. The molecule has 0 unspecified atom stereocenters. The first-order valence-corrected chi connectivity index (χ1v) is 6.31. The molecule has 0 bridgehead atoms. The zero-order valence-electron chi connectivity index (χ0n) is 10.6. The molecule has 1 aromatic rings. The van der Waals surface area contributed by atoms with Crippen molar-refractivity contribution in [1.82, 2.24) is 10.2 Å². The van der Waals surface area contributed by atoms with Crippen molar-refractivity contribution in [2.75, 3.05) is 19.6 Å². The number of nitrogens with zero attached hydrogens (tertiary/aromatic N) is 1. The molecule has 16 heavy (non-hydrogen) atoms. The van der Waals surface area contributed by atoms with Crippen LogP contribution < -0.4 is 5.32 Å². The summed E-state index contributed by atoms with van der Waals surface area (Å²) in [4.78, 5) is 2.54. The zero-order valence-corrected chi connectivity index (χ0v) is 10.6. The minimum Gasteiger partial charge on any atom is -0.311 e. The van der Waals surface area contributed by atoms with Gasteiger partial charge in [-0.1, -0.05) is 32.0 Å². The lowest BCUT2D eigenvalue weighted by Crippen LogP contribution is -2.40. The molecule has 0 fully saturated rings. The van der Waals surface area contributed by atoms with Crippen molar-refractivity contribution >= 4 is 0 Å². The third-order valence-electron chi connectivity index (χ3n) is 3.65. The number of benzene rings is 1. The Hall–Kier alpha value is -0.860. The molecule has 0 saturated carbocycles. The topological polar surface area (TPSA) is 15.3 Å². The fourth-order valence-corrected chi connectivity index (χ4v) is 2.79. The van der Waals surface area contributed by atoms with Crippen LogP contribution in [0.15, 0.2) is 18.2 Å². The predicted octanol–water partition coefficient (Wildman–Crippen LogP) is 2.48. The van der Waals surface area contributed by atoms with Gasteiger partial charge in [-0.15, -0.1) is 0 Å². The summed E-state index contributed by atoms with van der Waals surface area (Å²) < 4.78 is 0. The summed E-state index contributed by atoms with van der Waals surface area (Å²) in [6.45, 7) is 11.1. The van der Waals surface area contributed by atoms with Crippen LogP contribution in [0.3, 0.4) is 0 Å². The van der Waals surface area contributed by atoms with Crippen LogP contribution in [0.1, 0.15) is 36.6 Å². The average Bonchev–Trinajstić information content (AvgIpc) is 2.31. The van der Waals surface area contributed by atoms with Gasteiger partial charge in [-0.05, 0) is 36.7 Å². The summed E-state index contributed by atoms with van der Waals surface area (Å²) in [6.07, 6.45) is 0. The van der Waals surface area contributed by atoms with Crippen LogP contribution in [0.5, 0.6) is 0 Å². The maximum atomic E-state index is 3.53. The third kappa shape index (κ3) is 2.00. The Bertz CT molecular complexity index is 356. The molecule has 88 valence electrons. The number of nitrogens with one attached hydrogen (secondary N) is 1.